The zero-order valence-corrected chi connectivity index (χ0v) is 9.47. The first-order valence-corrected chi connectivity index (χ1v) is 5.71. The van der Waals surface area contributed by atoms with Crippen molar-refractivity contribution in [3.05, 3.63) is 11.3 Å². The van der Waals surface area contributed by atoms with Gasteiger partial charge in [0.1, 0.15) is 5.84 Å². The molecule has 1 heterocycles. The number of aliphatic imine (C=N–C) groups is 1. The third-order valence-corrected chi connectivity index (χ3v) is 3.35. The molecule has 1 aliphatic heterocycles. The van der Waals surface area contributed by atoms with E-state index < -0.39 is 0 Å². The van der Waals surface area contributed by atoms with Gasteiger partial charge in [0.05, 0.1) is 0 Å². The van der Waals surface area contributed by atoms with Gasteiger partial charge >= 0.3 is 0 Å². The predicted octanol–water partition coefficient (Wildman–Crippen LogP) is 2.39. The number of nitrogens with one attached hydrogen (secondary N) is 1. The van der Waals surface area contributed by atoms with Gasteiger partial charge in [0.15, 0.2) is 0 Å². The minimum atomic E-state index is 0.175. The molecule has 82 valence electrons. The number of rotatable bonds is 1. The minimum absolute atomic E-state index is 0.175. The van der Waals surface area contributed by atoms with Crippen molar-refractivity contribution in [3.8, 4) is 0 Å². The molecule has 0 saturated heterocycles. The van der Waals surface area contributed by atoms with Gasteiger partial charge in [-0.05, 0) is 32.3 Å². The van der Waals surface area contributed by atoms with Gasteiger partial charge in [0.25, 0.3) is 0 Å². The molecule has 3 heteroatoms. The van der Waals surface area contributed by atoms with Crippen LogP contribution in [0.15, 0.2) is 16.3 Å². The van der Waals surface area contributed by atoms with Gasteiger partial charge in [-0.3, -0.25) is 4.79 Å². The van der Waals surface area contributed by atoms with E-state index in [2.05, 4.69) is 17.2 Å². The van der Waals surface area contributed by atoms with Gasteiger partial charge in [-0.25, -0.2) is 4.99 Å². The second-order valence-corrected chi connectivity index (χ2v) is 4.57. The second-order valence-electron chi connectivity index (χ2n) is 4.57. The molecule has 2 aliphatic rings. The van der Waals surface area contributed by atoms with Crippen molar-refractivity contribution in [1.29, 1.82) is 0 Å². The Morgan fingerprint density at radius 2 is 2.00 bits per heavy atom. The molecule has 0 bridgehead atoms. The van der Waals surface area contributed by atoms with Crippen LogP contribution in [0.5, 0.6) is 0 Å². The molecular formula is C12H18N2O. The third kappa shape index (κ3) is 2.28. The van der Waals surface area contributed by atoms with Gasteiger partial charge in [0.2, 0.25) is 5.91 Å². The smallest absolute Gasteiger partial charge is 0.228 e. The maximum atomic E-state index is 11.8. The van der Waals surface area contributed by atoms with Gasteiger partial charge in [-0.15, -0.1) is 0 Å². The zero-order chi connectivity index (χ0) is 10.8. The molecule has 1 amide bonds. The summed E-state index contributed by atoms with van der Waals surface area (Å²) in [5, 5.41) is 2.95. The number of amides is 1. The number of allylic oxidation sites excluding steroid dienone is 1. The molecule has 2 rings (SSSR count). The molecule has 0 unspecified atom stereocenters. The predicted molar refractivity (Wildman–Crippen MR) is 60.5 cm³/mol. The van der Waals surface area contributed by atoms with Gasteiger partial charge in [0, 0.05) is 18.0 Å². The van der Waals surface area contributed by atoms with Crippen LogP contribution in [0.4, 0.5) is 0 Å². The normalized spacial score (nSPS) is 22.1. The number of carbonyl (C=O) groups excluding carboxylic acids is 1. The van der Waals surface area contributed by atoms with Crippen molar-refractivity contribution in [2.45, 2.75) is 46.0 Å². The summed E-state index contributed by atoms with van der Waals surface area (Å²) in [4.78, 5) is 16.1. The van der Waals surface area contributed by atoms with E-state index in [-0.39, 0.29) is 11.8 Å². The first-order valence-electron chi connectivity index (χ1n) is 5.71. The SMILES string of the molecule is CC1=C(C)N=C(NC(=O)C2CCCC2)C1. The second kappa shape index (κ2) is 4.17. The monoisotopic (exact) mass is 206 g/mol. The van der Waals surface area contributed by atoms with Crippen molar-refractivity contribution >= 4 is 11.7 Å². The van der Waals surface area contributed by atoms with Crippen LogP contribution in [-0.2, 0) is 4.79 Å². The largest absolute Gasteiger partial charge is 0.314 e. The molecule has 1 saturated carbocycles. The van der Waals surface area contributed by atoms with E-state index in [9.17, 15) is 4.79 Å². The molecule has 0 spiro atoms. The van der Waals surface area contributed by atoms with E-state index in [0.29, 0.717) is 0 Å². The van der Waals surface area contributed by atoms with Crippen LogP contribution in [0.2, 0.25) is 0 Å². The summed E-state index contributed by atoms with van der Waals surface area (Å²) in [5.74, 6) is 1.24. The Morgan fingerprint density at radius 3 is 2.53 bits per heavy atom. The highest BCUT2D eigenvalue weighted by Crippen LogP contribution is 2.25. The lowest BCUT2D eigenvalue weighted by Gasteiger charge is -2.09. The minimum Gasteiger partial charge on any atom is -0.314 e. The third-order valence-electron chi connectivity index (χ3n) is 3.35. The van der Waals surface area contributed by atoms with E-state index >= 15 is 0 Å². The van der Waals surface area contributed by atoms with Crippen molar-refractivity contribution in [1.82, 2.24) is 5.32 Å². The van der Waals surface area contributed by atoms with Crippen LogP contribution in [-0.4, -0.2) is 11.7 Å². The molecule has 0 radical (unpaired) electrons. The van der Waals surface area contributed by atoms with Crippen molar-refractivity contribution in [2.75, 3.05) is 0 Å². The Bertz CT molecular complexity index is 336. The number of amidine groups is 1. The molecule has 3 nitrogen and oxygen atoms in total. The highest BCUT2D eigenvalue weighted by Gasteiger charge is 2.24. The number of carbonyl (C=O) groups is 1. The number of hydrogen-bond acceptors (Lipinski definition) is 2. The fourth-order valence-electron chi connectivity index (χ4n) is 2.22. The summed E-state index contributed by atoms with van der Waals surface area (Å²) >= 11 is 0. The number of nitrogens with zero attached hydrogens (tertiary/aromatic N) is 1. The molecule has 1 N–H and O–H groups in total. The molecule has 0 aromatic carbocycles. The topological polar surface area (TPSA) is 41.5 Å². The fourth-order valence-corrected chi connectivity index (χ4v) is 2.22. The van der Waals surface area contributed by atoms with Crippen LogP contribution in [0.1, 0.15) is 46.0 Å². The summed E-state index contributed by atoms with van der Waals surface area (Å²) < 4.78 is 0. The van der Waals surface area contributed by atoms with Crippen molar-refractivity contribution < 1.29 is 4.79 Å². The fraction of sp³-hybridized carbons (Fsp3) is 0.667. The zero-order valence-electron chi connectivity index (χ0n) is 9.47. The van der Waals surface area contributed by atoms with Gasteiger partial charge in [-0.2, -0.15) is 0 Å². The maximum absolute atomic E-state index is 11.8. The van der Waals surface area contributed by atoms with E-state index in [1.807, 2.05) is 6.92 Å². The Labute approximate surface area is 90.7 Å². The highest BCUT2D eigenvalue weighted by atomic mass is 16.1. The standard InChI is InChI=1S/C12H18N2O/c1-8-7-11(13-9(8)2)14-12(15)10-5-3-4-6-10/h10H,3-7H2,1-2H3,(H,13,14,15). The summed E-state index contributed by atoms with van der Waals surface area (Å²) in [6.45, 7) is 4.05. The Balaban J connectivity index is 1.88. The first kappa shape index (κ1) is 10.4. The lowest BCUT2D eigenvalue weighted by molar-refractivity contribution is -0.123. The van der Waals surface area contributed by atoms with Crippen LogP contribution in [0, 0.1) is 5.92 Å². The lowest BCUT2D eigenvalue weighted by Crippen LogP contribution is -2.34. The summed E-state index contributed by atoms with van der Waals surface area (Å²) in [5.41, 5.74) is 2.31. The quantitative estimate of drug-likeness (QED) is 0.703. The van der Waals surface area contributed by atoms with Crippen molar-refractivity contribution in [3.63, 3.8) is 0 Å². The molecule has 0 aromatic heterocycles. The molecule has 1 aliphatic carbocycles. The molecule has 1 fully saturated rings. The van der Waals surface area contributed by atoms with E-state index in [4.69, 9.17) is 0 Å². The summed E-state index contributed by atoms with van der Waals surface area (Å²) in [6, 6.07) is 0. The van der Waals surface area contributed by atoms with Crippen LogP contribution >= 0.6 is 0 Å². The van der Waals surface area contributed by atoms with Crippen LogP contribution in [0.25, 0.3) is 0 Å². The van der Waals surface area contributed by atoms with Crippen molar-refractivity contribution in [2.24, 2.45) is 10.9 Å². The number of hydrogen-bond donors (Lipinski definition) is 1. The molecule has 0 atom stereocenters. The maximum Gasteiger partial charge on any atom is 0.228 e. The molecule has 15 heavy (non-hydrogen) atoms. The molecular weight excluding hydrogens is 188 g/mol. The average Bonchev–Trinajstić information content (AvgIpc) is 2.77. The average molecular weight is 206 g/mol. The van der Waals surface area contributed by atoms with Crippen LogP contribution in [0.3, 0.4) is 0 Å². The lowest BCUT2D eigenvalue weighted by atomic mass is 10.1. The summed E-state index contributed by atoms with van der Waals surface area (Å²) in [6.07, 6.45) is 5.29. The Morgan fingerprint density at radius 1 is 1.33 bits per heavy atom. The first-order chi connectivity index (χ1) is 7.16. The molecule has 0 aromatic rings. The highest BCUT2D eigenvalue weighted by molar-refractivity contribution is 6.01. The summed E-state index contributed by atoms with van der Waals surface area (Å²) in [7, 11) is 0. The Kier molecular flexibility index (Phi) is 2.89. The van der Waals surface area contributed by atoms with E-state index in [0.717, 1.165) is 30.8 Å². The van der Waals surface area contributed by atoms with E-state index in [1.165, 1.54) is 18.4 Å². The van der Waals surface area contributed by atoms with Gasteiger partial charge < -0.3 is 5.32 Å². The van der Waals surface area contributed by atoms with Crippen LogP contribution < -0.4 is 5.32 Å². The van der Waals surface area contributed by atoms with E-state index in [1.54, 1.807) is 0 Å². The Hall–Kier alpha value is -1.12. The van der Waals surface area contributed by atoms with Gasteiger partial charge in [-0.1, -0.05) is 12.8 Å².